The van der Waals surface area contributed by atoms with Crippen LogP contribution in [0.5, 0.6) is 0 Å². The van der Waals surface area contributed by atoms with E-state index in [1.54, 1.807) is 0 Å². The first-order valence-corrected chi connectivity index (χ1v) is 9.10. The van der Waals surface area contributed by atoms with Crippen LogP contribution in [-0.2, 0) is 19.2 Å². The second kappa shape index (κ2) is 6.89. The van der Waals surface area contributed by atoms with Gasteiger partial charge in [0.15, 0.2) is 0 Å². The number of fused-ring (bicyclic) bond motifs is 4. The molecule has 6 unspecified atom stereocenters. The summed E-state index contributed by atoms with van der Waals surface area (Å²) in [7, 11) is 0. The van der Waals surface area contributed by atoms with Crippen LogP contribution in [-0.4, -0.2) is 44.3 Å². The summed E-state index contributed by atoms with van der Waals surface area (Å²) in [6, 6.07) is 0. The van der Waals surface area contributed by atoms with Gasteiger partial charge in [-0.25, -0.2) is 0 Å². The van der Waals surface area contributed by atoms with Crippen molar-refractivity contribution in [3.05, 3.63) is 0 Å². The van der Waals surface area contributed by atoms with Gasteiger partial charge in [-0.15, -0.1) is 0 Å². The summed E-state index contributed by atoms with van der Waals surface area (Å²) in [6.45, 7) is 0. The molecule has 0 aliphatic heterocycles. The zero-order chi connectivity index (χ0) is 19.2. The summed E-state index contributed by atoms with van der Waals surface area (Å²) in [5, 5.41) is 35.3. The van der Waals surface area contributed by atoms with E-state index in [0.717, 1.165) is 12.8 Å². The minimum atomic E-state index is -0.821. The number of hydrogen-bond acceptors (Lipinski definition) is 4. The van der Waals surface area contributed by atoms with E-state index >= 15 is 0 Å². The first-order valence-electron chi connectivity index (χ1n) is 9.10. The topological polar surface area (TPSA) is 149 Å². The van der Waals surface area contributed by atoms with Crippen LogP contribution in [0.3, 0.4) is 0 Å². The second-order valence-electron chi connectivity index (χ2n) is 8.24. The smallest absolute Gasteiger partial charge is 0.306 e. The molecule has 4 saturated carbocycles. The third-order valence-corrected chi connectivity index (χ3v) is 6.94. The van der Waals surface area contributed by atoms with Crippen molar-refractivity contribution in [2.45, 2.75) is 38.5 Å². The van der Waals surface area contributed by atoms with Gasteiger partial charge in [-0.05, 0) is 62.2 Å². The number of carboxylic acids is 4. The first kappa shape index (κ1) is 18.7. The van der Waals surface area contributed by atoms with Crippen molar-refractivity contribution in [2.24, 2.45) is 47.3 Å². The molecular formula is C18H24O8. The maximum absolute atomic E-state index is 10.8. The molecule has 4 aliphatic carbocycles. The number of carbonyl (C=O) groups is 4. The lowest BCUT2D eigenvalue weighted by Crippen LogP contribution is -2.30. The zero-order valence-electron chi connectivity index (χ0n) is 14.3. The molecule has 0 heterocycles. The molecule has 8 heteroatoms. The fourth-order valence-electron chi connectivity index (χ4n) is 5.80. The molecule has 0 aromatic carbocycles. The van der Waals surface area contributed by atoms with Gasteiger partial charge in [-0.2, -0.15) is 0 Å². The Labute approximate surface area is 150 Å². The van der Waals surface area contributed by atoms with Crippen LogP contribution in [0.1, 0.15) is 38.5 Å². The van der Waals surface area contributed by atoms with E-state index in [4.69, 9.17) is 20.4 Å². The first-order chi connectivity index (χ1) is 12.2. The van der Waals surface area contributed by atoms with Crippen LogP contribution in [0.2, 0.25) is 0 Å². The number of rotatable bonds is 4. The fourth-order valence-corrected chi connectivity index (χ4v) is 5.80. The van der Waals surface area contributed by atoms with E-state index in [1.807, 2.05) is 0 Å². The number of aliphatic carboxylic acids is 4. The minimum absolute atomic E-state index is 0.111. The van der Waals surface area contributed by atoms with E-state index in [0.29, 0.717) is 31.6 Å². The monoisotopic (exact) mass is 368 g/mol. The summed E-state index contributed by atoms with van der Waals surface area (Å²) in [5.41, 5.74) is 0. The Morgan fingerprint density at radius 1 is 0.500 bits per heavy atom. The van der Waals surface area contributed by atoms with Crippen molar-refractivity contribution in [3.63, 3.8) is 0 Å². The fraction of sp³-hybridized carbons (Fsp3) is 0.778. The molecule has 4 bridgehead atoms. The van der Waals surface area contributed by atoms with Gasteiger partial charge in [-0.3, -0.25) is 19.2 Å². The highest BCUT2D eigenvalue weighted by Crippen LogP contribution is 2.52. The standard InChI is InChI=1S/2C9H12O4/c10-8(11)6-2-4-1-5(6)3-7(4)9(12)13;10-8(11)6-2-4-1-5(6)7(3-4)9(12)13/h2*4-7H,1-3H2,(H,10,11)(H,12,13). The maximum atomic E-state index is 10.8. The molecule has 6 atom stereocenters. The SMILES string of the molecule is O=C(O)C1CC2CC(C(=O)O)C1C2.O=C(O)C1CC2CC1CC2C(=O)O. The molecule has 0 amide bonds. The Morgan fingerprint density at radius 2 is 0.885 bits per heavy atom. The molecule has 144 valence electrons. The average Bonchev–Trinajstić information content (AvgIpc) is 3.32. The normalized spacial score (nSPS) is 42.2. The predicted molar refractivity (Wildman–Crippen MR) is 86.2 cm³/mol. The van der Waals surface area contributed by atoms with E-state index in [-0.39, 0.29) is 29.6 Å². The van der Waals surface area contributed by atoms with Crippen molar-refractivity contribution in [2.75, 3.05) is 0 Å². The summed E-state index contributed by atoms with van der Waals surface area (Å²) in [6.07, 6.45) is 4.10. The van der Waals surface area contributed by atoms with Gasteiger partial charge in [0.05, 0.1) is 23.7 Å². The minimum Gasteiger partial charge on any atom is -0.481 e. The van der Waals surface area contributed by atoms with E-state index in [2.05, 4.69) is 0 Å². The molecular weight excluding hydrogens is 344 g/mol. The molecule has 0 saturated heterocycles. The summed E-state index contributed by atoms with van der Waals surface area (Å²) < 4.78 is 0. The lowest BCUT2D eigenvalue weighted by molar-refractivity contribution is -0.149. The quantitative estimate of drug-likeness (QED) is 0.585. The van der Waals surface area contributed by atoms with Crippen LogP contribution >= 0.6 is 0 Å². The Balaban J connectivity index is 0.000000151. The summed E-state index contributed by atoms with van der Waals surface area (Å²) >= 11 is 0. The van der Waals surface area contributed by atoms with Crippen LogP contribution in [0.15, 0.2) is 0 Å². The van der Waals surface area contributed by atoms with Gasteiger partial charge in [-0.1, -0.05) is 0 Å². The van der Waals surface area contributed by atoms with Crippen molar-refractivity contribution < 1.29 is 39.6 Å². The van der Waals surface area contributed by atoms with Gasteiger partial charge >= 0.3 is 23.9 Å². The van der Waals surface area contributed by atoms with Crippen molar-refractivity contribution in [3.8, 4) is 0 Å². The molecule has 0 aromatic heterocycles. The number of carboxylic acid groups (broad SMARTS) is 4. The number of hydrogen-bond donors (Lipinski definition) is 4. The molecule has 4 N–H and O–H groups in total. The Bertz CT molecular complexity index is 579. The third kappa shape index (κ3) is 3.29. The van der Waals surface area contributed by atoms with Gasteiger partial charge in [0.2, 0.25) is 0 Å². The van der Waals surface area contributed by atoms with Crippen molar-refractivity contribution in [1.29, 1.82) is 0 Å². The molecule has 8 nitrogen and oxygen atoms in total. The van der Waals surface area contributed by atoms with E-state index in [1.165, 1.54) is 0 Å². The molecule has 26 heavy (non-hydrogen) atoms. The maximum Gasteiger partial charge on any atom is 0.306 e. The van der Waals surface area contributed by atoms with Crippen LogP contribution in [0.25, 0.3) is 0 Å². The molecule has 0 spiro atoms. The Morgan fingerprint density at radius 3 is 1.15 bits per heavy atom. The second-order valence-corrected chi connectivity index (χ2v) is 8.24. The van der Waals surface area contributed by atoms with Gasteiger partial charge in [0, 0.05) is 0 Å². The third-order valence-electron chi connectivity index (χ3n) is 6.94. The molecule has 4 aliphatic rings. The van der Waals surface area contributed by atoms with Crippen molar-refractivity contribution in [1.82, 2.24) is 0 Å². The molecule has 4 fully saturated rings. The van der Waals surface area contributed by atoms with Gasteiger partial charge in [0.25, 0.3) is 0 Å². The lowest BCUT2D eigenvalue weighted by atomic mass is 9.81. The average molecular weight is 368 g/mol. The van der Waals surface area contributed by atoms with E-state index in [9.17, 15) is 19.2 Å². The molecule has 0 radical (unpaired) electrons. The van der Waals surface area contributed by atoms with E-state index < -0.39 is 35.7 Å². The van der Waals surface area contributed by atoms with Crippen LogP contribution in [0, 0.1) is 47.3 Å². The Hall–Kier alpha value is -2.12. The Kier molecular flexibility index (Phi) is 4.94. The molecule has 4 rings (SSSR count). The highest BCUT2D eigenvalue weighted by molar-refractivity contribution is 5.76. The predicted octanol–water partition coefficient (Wildman–Crippen LogP) is 1.64. The lowest BCUT2D eigenvalue weighted by Gasteiger charge is -2.23. The zero-order valence-corrected chi connectivity index (χ0v) is 14.3. The highest BCUT2D eigenvalue weighted by atomic mass is 16.4. The highest BCUT2D eigenvalue weighted by Gasteiger charge is 2.52. The summed E-state index contributed by atoms with van der Waals surface area (Å²) in [4.78, 5) is 43.0. The largest absolute Gasteiger partial charge is 0.481 e. The van der Waals surface area contributed by atoms with Crippen LogP contribution in [0.4, 0.5) is 0 Å². The molecule has 0 aromatic rings. The van der Waals surface area contributed by atoms with Crippen LogP contribution < -0.4 is 0 Å². The van der Waals surface area contributed by atoms with Crippen molar-refractivity contribution >= 4 is 23.9 Å². The van der Waals surface area contributed by atoms with Gasteiger partial charge < -0.3 is 20.4 Å². The summed E-state index contributed by atoms with van der Waals surface area (Å²) in [5.74, 6) is -4.05. The van der Waals surface area contributed by atoms with Gasteiger partial charge in [0.1, 0.15) is 0 Å².